The predicted molar refractivity (Wildman–Crippen MR) is 43.3 cm³/mol. The van der Waals surface area contributed by atoms with E-state index in [-0.39, 0.29) is 11.5 Å². The standard InChI is InChI=1S/C9H10FNO/c1-6(7(2)12)9-8(10)4-3-5-11-9/h3-6H,1-2H3. The van der Waals surface area contributed by atoms with Gasteiger partial charge in [0.15, 0.2) is 0 Å². The summed E-state index contributed by atoms with van der Waals surface area (Å²) < 4.78 is 13.0. The van der Waals surface area contributed by atoms with Crippen molar-refractivity contribution in [1.29, 1.82) is 0 Å². The van der Waals surface area contributed by atoms with Crippen LogP contribution in [0.25, 0.3) is 0 Å². The van der Waals surface area contributed by atoms with Crippen molar-refractivity contribution in [1.82, 2.24) is 4.98 Å². The van der Waals surface area contributed by atoms with Crippen molar-refractivity contribution >= 4 is 5.78 Å². The quantitative estimate of drug-likeness (QED) is 0.673. The van der Waals surface area contributed by atoms with E-state index in [9.17, 15) is 9.18 Å². The molecule has 0 amide bonds. The van der Waals surface area contributed by atoms with Crippen LogP contribution in [0.15, 0.2) is 18.3 Å². The van der Waals surface area contributed by atoms with Crippen LogP contribution >= 0.6 is 0 Å². The van der Waals surface area contributed by atoms with Crippen molar-refractivity contribution in [2.75, 3.05) is 0 Å². The molecule has 3 heteroatoms. The van der Waals surface area contributed by atoms with Crippen molar-refractivity contribution in [3.05, 3.63) is 29.8 Å². The molecule has 1 atom stereocenters. The first-order chi connectivity index (χ1) is 5.63. The minimum atomic E-state index is -0.453. The summed E-state index contributed by atoms with van der Waals surface area (Å²) in [5, 5.41) is 0. The lowest BCUT2D eigenvalue weighted by Crippen LogP contribution is -2.08. The summed E-state index contributed by atoms with van der Waals surface area (Å²) in [6.45, 7) is 3.08. The number of nitrogens with zero attached hydrogens (tertiary/aromatic N) is 1. The van der Waals surface area contributed by atoms with Crippen LogP contribution in [0.5, 0.6) is 0 Å². The van der Waals surface area contributed by atoms with Gasteiger partial charge in [-0.3, -0.25) is 9.78 Å². The molecule has 0 spiro atoms. The average Bonchev–Trinajstić information content (AvgIpc) is 2.04. The molecule has 0 aromatic carbocycles. The second-order valence-electron chi connectivity index (χ2n) is 2.70. The lowest BCUT2D eigenvalue weighted by Gasteiger charge is -2.06. The number of carbonyl (C=O) groups is 1. The number of carbonyl (C=O) groups excluding carboxylic acids is 1. The molecule has 0 aliphatic rings. The number of hydrogen-bond acceptors (Lipinski definition) is 2. The normalized spacial score (nSPS) is 12.6. The van der Waals surface area contributed by atoms with Gasteiger partial charge in [-0.1, -0.05) is 0 Å². The first-order valence-corrected chi connectivity index (χ1v) is 3.73. The van der Waals surface area contributed by atoms with Gasteiger partial charge in [0.05, 0.1) is 11.6 Å². The molecule has 1 aromatic heterocycles. The highest BCUT2D eigenvalue weighted by Crippen LogP contribution is 2.15. The zero-order valence-corrected chi connectivity index (χ0v) is 7.04. The van der Waals surface area contributed by atoms with E-state index >= 15 is 0 Å². The maximum atomic E-state index is 13.0. The fourth-order valence-electron chi connectivity index (χ4n) is 0.909. The largest absolute Gasteiger partial charge is 0.299 e. The highest BCUT2D eigenvalue weighted by Gasteiger charge is 2.15. The molecule has 0 N–H and O–H groups in total. The van der Waals surface area contributed by atoms with Gasteiger partial charge in [-0.05, 0) is 26.0 Å². The molecular formula is C9H10FNO. The number of halogens is 1. The molecule has 1 aromatic rings. The van der Waals surface area contributed by atoms with Gasteiger partial charge in [0.25, 0.3) is 0 Å². The Hall–Kier alpha value is -1.25. The van der Waals surface area contributed by atoms with E-state index in [1.807, 2.05) is 0 Å². The number of Topliss-reactive ketones (excluding diaryl/α,β-unsaturated/α-hetero) is 1. The number of hydrogen-bond donors (Lipinski definition) is 0. The maximum absolute atomic E-state index is 13.0. The van der Waals surface area contributed by atoms with Crippen LogP contribution < -0.4 is 0 Å². The zero-order chi connectivity index (χ0) is 9.14. The molecule has 0 saturated carbocycles. The molecule has 0 fully saturated rings. The van der Waals surface area contributed by atoms with Crippen LogP contribution in [-0.4, -0.2) is 10.8 Å². The molecule has 1 unspecified atom stereocenters. The second-order valence-corrected chi connectivity index (χ2v) is 2.70. The van der Waals surface area contributed by atoms with Crippen LogP contribution in [0.2, 0.25) is 0 Å². The third-order valence-electron chi connectivity index (χ3n) is 1.81. The first-order valence-electron chi connectivity index (χ1n) is 3.73. The third-order valence-corrected chi connectivity index (χ3v) is 1.81. The summed E-state index contributed by atoms with van der Waals surface area (Å²) in [5.41, 5.74) is 0.227. The summed E-state index contributed by atoms with van der Waals surface area (Å²) in [6.07, 6.45) is 1.48. The van der Waals surface area contributed by atoms with Gasteiger partial charge >= 0.3 is 0 Å². The van der Waals surface area contributed by atoms with Gasteiger partial charge < -0.3 is 0 Å². The topological polar surface area (TPSA) is 30.0 Å². The minimum absolute atomic E-state index is 0.0763. The molecule has 12 heavy (non-hydrogen) atoms. The predicted octanol–water partition coefficient (Wildman–Crippen LogP) is 1.91. The fourth-order valence-corrected chi connectivity index (χ4v) is 0.909. The molecule has 2 nitrogen and oxygen atoms in total. The van der Waals surface area contributed by atoms with E-state index < -0.39 is 11.7 Å². The van der Waals surface area contributed by atoms with Crippen LogP contribution in [-0.2, 0) is 4.79 Å². The zero-order valence-electron chi connectivity index (χ0n) is 7.04. The second kappa shape index (κ2) is 3.43. The molecule has 1 rings (SSSR count). The average molecular weight is 167 g/mol. The Morgan fingerprint density at radius 2 is 2.33 bits per heavy atom. The van der Waals surface area contributed by atoms with E-state index in [0.29, 0.717) is 0 Å². The summed E-state index contributed by atoms with van der Waals surface area (Å²) in [6, 6.07) is 2.81. The molecule has 0 bridgehead atoms. The highest BCUT2D eigenvalue weighted by atomic mass is 19.1. The van der Waals surface area contributed by atoms with Gasteiger partial charge in [-0.2, -0.15) is 0 Å². The van der Waals surface area contributed by atoms with Crippen LogP contribution in [0.4, 0.5) is 4.39 Å². The monoisotopic (exact) mass is 167 g/mol. The Kier molecular flexibility index (Phi) is 2.53. The number of aromatic nitrogens is 1. The Morgan fingerprint density at radius 1 is 1.67 bits per heavy atom. The molecule has 64 valence electrons. The van der Waals surface area contributed by atoms with Crippen LogP contribution in [0, 0.1) is 5.82 Å². The van der Waals surface area contributed by atoms with E-state index in [2.05, 4.69) is 4.98 Å². The Bertz CT molecular complexity index is 298. The first kappa shape index (κ1) is 8.84. The molecule has 1 heterocycles. The molecule has 0 radical (unpaired) electrons. The lowest BCUT2D eigenvalue weighted by molar-refractivity contribution is -0.118. The molecular weight excluding hydrogens is 157 g/mol. The maximum Gasteiger partial charge on any atom is 0.145 e. The van der Waals surface area contributed by atoms with Crippen LogP contribution in [0.3, 0.4) is 0 Å². The van der Waals surface area contributed by atoms with Crippen LogP contribution in [0.1, 0.15) is 25.5 Å². The SMILES string of the molecule is CC(=O)C(C)c1ncccc1F. The van der Waals surface area contributed by atoms with E-state index in [1.54, 1.807) is 6.92 Å². The van der Waals surface area contributed by atoms with Crippen molar-refractivity contribution in [3.63, 3.8) is 0 Å². The summed E-state index contributed by atoms with van der Waals surface area (Å²) >= 11 is 0. The van der Waals surface area contributed by atoms with E-state index in [0.717, 1.165) is 0 Å². The molecule has 0 aliphatic carbocycles. The van der Waals surface area contributed by atoms with Crippen molar-refractivity contribution in [3.8, 4) is 0 Å². The van der Waals surface area contributed by atoms with E-state index in [1.165, 1.54) is 25.3 Å². The number of ketones is 1. The molecule has 0 aliphatic heterocycles. The Balaban J connectivity index is 3.02. The van der Waals surface area contributed by atoms with Gasteiger partial charge in [-0.15, -0.1) is 0 Å². The summed E-state index contributed by atoms with van der Waals surface area (Å²) in [4.78, 5) is 14.7. The molecule has 0 saturated heterocycles. The summed E-state index contributed by atoms with van der Waals surface area (Å²) in [5.74, 6) is -0.945. The van der Waals surface area contributed by atoms with Gasteiger partial charge in [0, 0.05) is 6.20 Å². The highest BCUT2D eigenvalue weighted by molar-refractivity contribution is 5.82. The smallest absolute Gasteiger partial charge is 0.145 e. The van der Waals surface area contributed by atoms with Gasteiger partial charge in [-0.25, -0.2) is 4.39 Å². The fraction of sp³-hybridized carbons (Fsp3) is 0.333. The minimum Gasteiger partial charge on any atom is -0.299 e. The Labute approximate surface area is 70.4 Å². The third kappa shape index (κ3) is 1.67. The summed E-state index contributed by atoms with van der Waals surface area (Å²) in [7, 11) is 0. The van der Waals surface area contributed by atoms with Crippen molar-refractivity contribution in [2.45, 2.75) is 19.8 Å². The van der Waals surface area contributed by atoms with Gasteiger partial charge in [0.1, 0.15) is 11.6 Å². The number of rotatable bonds is 2. The lowest BCUT2D eigenvalue weighted by atomic mass is 10.0. The van der Waals surface area contributed by atoms with Crippen molar-refractivity contribution < 1.29 is 9.18 Å². The number of pyridine rings is 1. The van der Waals surface area contributed by atoms with E-state index in [4.69, 9.17) is 0 Å². The van der Waals surface area contributed by atoms with Crippen molar-refractivity contribution in [2.24, 2.45) is 0 Å². The Morgan fingerprint density at radius 3 is 2.83 bits per heavy atom. The van der Waals surface area contributed by atoms with Gasteiger partial charge in [0.2, 0.25) is 0 Å².